The first-order valence-electron chi connectivity index (χ1n) is 12.0. The van der Waals surface area contributed by atoms with Gasteiger partial charge in [-0.05, 0) is 29.7 Å². The van der Waals surface area contributed by atoms with Crippen LogP contribution in [-0.4, -0.2) is 44.4 Å². The van der Waals surface area contributed by atoms with Crippen molar-refractivity contribution >= 4 is 28.4 Å². The van der Waals surface area contributed by atoms with Crippen molar-refractivity contribution in [3.63, 3.8) is 0 Å². The van der Waals surface area contributed by atoms with E-state index < -0.39 is 17.3 Å². The Balaban J connectivity index is 1.43. The summed E-state index contributed by atoms with van der Waals surface area (Å²) in [6.45, 7) is 2.40. The summed E-state index contributed by atoms with van der Waals surface area (Å²) >= 11 is 0. The van der Waals surface area contributed by atoms with Gasteiger partial charge < -0.3 is 20.0 Å². The van der Waals surface area contributed by atoms with Gasteiger partial charge in [-0.25, -0.2) is 5.21 Å². The molecule has 0 bridgehead atoms. The first-order chi connectivity index (χ1) is 17.4. The van der Waals surface area contributed by atoms with E-state index in [1.165, 1.54) is 0 Å². The van der Waals surface area contributed by atoms with E-state index in [2.05, 4.69) is 4.98 Å². The third-order valence-corrected chi connectivity index (χ3v) is 7.31. The molecule has 36 heavy (non-hydrogen) atoms. The van der Waals surface area contributed by atoms with Gasteiger partial charge in [0.1, 0.15) is 12.6 Å². The largest absolute Gasteiger partial charge is 0.595 e. The molecule has 6 rings (SSSR count). The summed E-state index contributed by atoms with van der Waals surface area (Å²) in [6.07, 6.45) is 0.429. The normalized spacial score (nSPS) is 20.4. The maximum absolute atomic E-state index is 13.8. The molecule has 182 valence electrons. The highest BCUT2D eigenvalue weighted by atomic mass is 16.8. The average Bonchev–Trinajstić information content (AvgIpc) is 3.25. The van der Waals surface area contributed by atoms with Gasteiger partial charge in [0.25, 0.3) is 0 Å². The molecular formula is C28H26N4O4. The van der Waals surface area contributed by atoms with Crippen LogP contribution in [0.1, 0.15) is 34.0 Å². The van der Waals surface area contributed by atoms with E-state index in [1.807, 2.05) is 55.5 Å². The predicted octanol–water partition coefficient (Wildman–Crippen LogP) is 2.76. The number of hydrogen-bond acceptors (Lipinski definition) is 4. The van der Waals surface area contributed by atoms with Crippen molar-refractivity contribution in [3.05, 3.63) is 106 Å². The van der Waals surface area contributed by atoms with E-state index in [0.717, 1.165) is 38.9 Å². The van der Waals surface area contributed by atoms with Crippen LogP contribution in [0.2, 0.25) is 0 Å². The number of H-pyrrole nitrogens is 1. The molecule has 3 N–H and O–H groups in total. The fraction of sp³-hybridized carbons (Fsp3) is 0.214. The molecule has 1 aromatic heterocycles. The fourth-order valence-corrected chi connectivity index (χ4v) is 5.53. The number of carbonyl (C=O) groups excluding carboxylic acids is 2. The van der Waals surface area contributed by atoms with Crippen molar-refractivity contribution in [1.82, 2.24) is 14.8 Å². The van der Waals surface area contributed by atoms with Crippen molar-refractivity contribution in [1.29, 1.82) is 0 Å². The number of rotatable bonds is 4. The molecule has 1 saturated heterocycles. The van der Waals surface area contributed by atoms with Crippen molar-refractivity contribution in [2.24, 2.45) is 0 Å². The van der Waals surface area contributed by atoms with Gasteiger partial charge in [-0.3, -0.25) is 9.59 Å². The summed E-state index contributed by atoms with van der Waals surface area (Å²) in [5.74, 6) is -0.193. The minimum atomic E-state index is -1.01. The summed E-state index contributed by atoms with van der Waals surface area (Å²) in [5, 5.41) is 20.8. The second-order valence-corrected chi connectivity index (χ2v) is 9.59. The maximum Gasteiger partial charge on any atom is 0.246 e. The van der Waals surface area contributed by atoms with Gasteiger partial charge in [0, 0.05) is 41.7 Å². The lowest BCUT2D eigenvalue weighted by molar-refractivity contribution is -0.991. The highest BCUT2D eigenvalue weighted by Gasteiger charge is 2.48. The van der Waals surface area contributed by atoms with Crippen LogP contribution in [0.3, 0.4) is 0 Å². The van der Waals surface area contributed by atoms with Gasteiger partial charge in [0.05, 0.1) is 6.04 Å². The SMILES string of the molecule is Cc1ccc(CN2CC(=O)N3C(c4ccc([NH+]([O-])O)cc4)c4[nH]c5ccccc5c4C[C@H]3C2=O)cc1. The van der Waals surface area contributed by atoms with Gasteiger partial charge in [0.2, 0.25) is 11.8 Å². The second kappa shape index (κ2) is 8.60. The Labute approximate surface area is 207 Å². The highest BCUT2D eigenvalue weighted by molar-refractivity contribution is 5.97. The number of aromatic nitrogens is 1. The number of piperazine rings is 1. The zero-order valence-corrected chi connectivity index (χ0v) is 19.8. The summed E-state index contributed by atoms with van der Waals surface area (Å²) in [4.78, 5) is 34.3. The van der Waals surface area contributed by atoms with E-state index in [4.69, 9.17) is 0 Å². The van der Waals surface area contributed by atoms with Crippen LogP contribution in [0.15, 0.2) is 72.8 Å². The highest BCUT2D eigenvalue weighted by Crippen LogP contribution is 2.42. The summed E-state index contributed by atoms with van der Waals surface area (Å²) in [7, 11) is 0. The Bertz CT molecular complexity index is 1460. The first-order valence-corrected chi connectivity index (χ1v) is 12.0. The smallest absolute Gasteiger partial charge is 0.246 e. The van der Waals surface area contributed by atoms with Crippen LogP contribution in [0.25, 0.3) is 10.9 Å². The molecule has 0 saturated carbocycles. The predicted molar refractivity (Wildman–Crippen MR) is 133 cm³/mol. The Morgan fingerprint density at radius 1 is 1.03 bits per heavy atom. The number of nitrogens with one attached hydrogen (secondary N) is 2. The number of hydrogen-bond donors (Lipinski definition) is 3. The number of benzene rings is 3. The topological polar surface area (TPSA) is 104 Å². The summed E-state index contributed by atoms with van der Waals surface area (Å²) in [5.41, 5.74) is 5.92. The Kier molecular flexibility index (Phi) is 5.37. The number of nitrogens with zero attached hydrogens (tertiary/aromatic N) is 2. The van der Waals surface area contributed by atoms with Crippen LogP contribution >= 0.6 is 0 Å². The molecule has 2 aliphatic rings. The fourth-order valence-electron chi connectivity index (χ4n) is 5.53. The Hall–Kier alpha value is -3.98. The lowest BCUT2D eigenvalue weighted by Gasteiger charge is -2.47. The molecule has 4 aromatic rings. The minimum absolute atomic E-state index is 0.00246. The molecule has 0 radical (unpaired) electrons. The quantitative estimate of drug-likeness (QED) is 0.389. The zero-order chi connectivity index (χ0) is 25.0. The molecule has 0 aliphatic carbocycles. The summed E-state index contributed by atoms with van der Waals surface area (Å²) < 4.78 is 0. The zero-order valence-electron chi connectivity index (χ0n) is 19.8. The number of carbonyl (C=O) groups is 2. The van der Waals surface area contributed by atoms with Crippen molar-refractivity contribution in [2.75, 3.05) is 6.54 Å². The van der Waals surface area contributed by atoms with Gasteiger partial charge in [-0.1, -0.05) is 60.2 Å². The van der Waals surface area contributed by atoms with Crippen LogP contribution < -0.4 is 5.23 Å². The molecule has 8 nitrogen and oxygen atoms in total. The molecule has 3 heterocycles. The monoisotopic (exact) mass is 482 g/mol. The van der Waals surface area contributed by atoms with Gasteiger partial charge in [-0.2, -0.15) is 5.23 Å². The molecular weight excluding hydrogens is 456 g/mol. The number of para-hydroxylation sites is 1. The third-order valence-electron chi connectivity index (χ3n) is 7.31. The van der Waals surface area contributed by atoms with Crippen molar-refractivity contribution in [3.8, 4) is 0 Å². The molecule has 3 atom stereocenters. The average molecular weight is 483 g/mol. The standard InChI is InChI=1S/C28H26N4O4/c1-17-6-8-18(9-7-17)15-30-16-25(33)31-24(28(30)34)14-22-21-4-2-3-5-23(21)29-26(22)27(31)19-10-12-20(13-11-19)32(35)36/h2-13,24,27,29,32,35H,14-16H2,1H3/t24-,27?/m0/s1. The number of amides is 2. The van der Waals surface area contributed by atoms with Crippen LogP contribution in [-0.2, 0) is 22.6 Å². The number of quaternary nitrogens is 1. The first kappa shape index (κ1) is 22.5. The lowest BCUT2D eigenvalue weighted by atomic mass is 9.86. The van der Waals surface area contributed by atoms with Gasteiger partial charge in [0.15, 0.2) is 5.69 Å². The Morgan fingerprint density at radius 3 is 2.47 bits per heavy atom. The molecule has 2 unspecified atom stereocenters. The van der Waals surface area contributed by atoms with E-state index >= 15 is 0 Å². The molecule has 0 spiro atoms. The van der Waals surface area contributed by atoms with Gasteiger partial charge in [-0.15, -0.1) is 0 Å². The number of fused-ring (bicyclic) bond motifs is 4. The molecule has 1 fully saturated rings. The minimum Gasteiger partial charge on any atom is -0.595 e. The van der Waals surface area contributed by atoms with E-state index in [-0.39, 0.29) is 24.0 Å². The maximum atomic E-state index is 13.8. The molecule has 2 aliphatic heterocycles. The van der Waals surface area contributed by atoms with E-state index in [1.54, 1.807) is 34.1 Å². The van der Waals surface area contributed by atoms with Crippen LogP contribution in [0.5, 0.6) is 0 Å². The number of aryl methyl sites for hydroxylation is 1. The van der Waals surface area contributed by atoms with Crippen LogP contribution in [0.4, 0.5) is 5.69 Å². The van der Waals surface area contributed by atoms with Crippen molar-refractivity contribution < 1.29 is 20.0 Å². The molecule has 2 amide bonds. The summed E-state index contributed by atoms with van der Waals surface area (Å²) in [6, 6.07) is 21.4. The third kappa shape index (κ3) is 3.67. The lowest BCUT2D eigenvalue weighted by Crippen LogP contribution is -2.99. The number of aromatic amines is 1. The molecule has 8 heteroatoms. The van der Waals surface area contributed by atoms with Crippen LogP contribution in [0, 0.1) is 12.1 Å². The molecule has 3 aromatic carbocycles. The van der Waals surface area contributed by atoms with Crippen molar-refractivity contribution in [2.45, 2.75) is 32.0 Å². The van der Waals surface area contributed by atoms with E-state index in [9.17, 15) is 20.0 Å². The van der Waals surface area contributed by atoms with Gasteiger partial charge >= 0.3 is 0 Å². The second-order valence-electron chi connectivity index (χ2n) is 9.59. The Morgan fingerprint density at radius 2 is 1.75 bits per heavy atom. The van der Waals surface area contributed by atoms with E-state index in [0.29, 0.717) is 13.0 Å².